The molecule has 0 radical (unpaired) electrons. The number of benzene rings is 1. The topological polar surface area (TPSA) is 49.9 Å². The highest BCUT2D eigenvalue weighted by molar-refractivity contribution is 5.98. The molecule has 0 saturated carbocycles. The lowest BCUT2D eigenvalue weighted by molar-refractivity contribution is 0.828. The van der Waals surface area contributed by atoms with Gasteiger partial charge in [0.25, 0.3) is 0 Å². The van der Waals surface area contributed by atoms with Crippen molar-refractivity contribution in [3.63, 3.8) is 0 Å². The van der Waals surface area contributed by atoms with Crippen LogP contribution in [0.5, 0.6) is 0 Å². The summed E-state index contributed by atoms with van der Waals surface area (Å²) in [5.74, 6) is 0.994. The molecule has 0 heterocycles. The summed E-state index contributed by atoms with van der Waals surface area (Å²) in [5, 5.41) is 7.68. The van der Waals surface area contributed by atoms with Gasteiger partial charge in [0, 0.05) is 5.56 Å². The summed E-state index contributed by atoms with van der Waals surface area (Å²) in [5.41, 5.74) is 8.96. The normalized spacial score (nSPS) is 11.1. The van der Waals surface area contributed by atoms with Crippen LogP contribution in [-0.4, -0.2) is 5.84 Å². The number of nitrogens with two attached hydrogens (primary N) is 1. The van der Waals surface area contributed by atoms with Crippen LogP contribution in [0.1, 0.15) is 56.2 Å². The van der Waals surface area contributed by atoms with E-state index in [0.717, 1.165) is 5.56 Å². The van der Waals surface area contributed by atoms with Crippen LogP contribution >= 0.6 is 0 Å². The third-order valence-corrected chi connectivity index (χ3v) is 2.64. The minimum absolute atomic E-state index is 0.183. The van der Waals surface area contributed by atoms with E-state index < -0.39 is 0 Å². The van der Waals surface area contributed by atoms with Gasteiger partial charge >= 0.3 is 0 Å². The largest absolute Gasteiger partial charge is 0.384 e. The highest BCUT2D eigenvalue weighted by atomic mass is 14.7. The maximum absolute atomic E-state index is 7.68. The number of hydrogen-bond donors (Lipinski definition) is 2. The molecular formula is C13H20N2. The molecule has 0 unspecified atom stereocenters. The van der Waals surface area contributed by atoms with E-state index >= 15 is 0 Å². The molecule has 0 aliphatic heterocycles. The molecule has 2 nitrogen and oxygen atoms in total. The number of rotatable bonds is 3. The quantitative estimate of drug-likeness (QED) is 0.576. The summed E-state index contributed by atoms with van der Waals surface area (Å²) in [6.45, 7) is 8.52. The van der Waals surface area contributed by atoms with Crippen molar-refractivity contribution in [2.24, 2.45) is 5.73 Å². The van der Waals surface area contributed by atoms with E-state index in [4.69, 9.17) is 11.1 Å². The molecule has 1 aromatic rings. The van der Waals surface area contributed by atoms with Crippen molar-refractivity contribution in [2.45, 2.75) is 39.5 Å². The molecule has 15 heavy (non-hydrogen) atoms. The minimum atomic E-state index is 0.183. The van der Waals surface area contributed by atoms with E-state index in [1.165, 1.54) is 11.1 Å². The number of amidine groups is 1. The van der Waals surface area contributed by atoms with Crippen LogP contribution in [-0.2, 0) is 0 Å². The molecule has 0 spiro atoms. The SMILES string of the molecule is CC(C)c1cccc(C(C)C)c1C(=N)N. The second-order valence-corrected chi connectivity index (χ2v) is 4.53. The van der Waals surface area contributed by atoms with Gasteiger partial charge in [0.2, 0.25) is 0 Å². The smallest absolute Gasteiger partial charge is 0.123 e. The predicted octanol–water partition coefficient (Wildman–Crippen LogP) is 3.22. The average molecular weight is 204 g/mol. The summed E-state index contributed by atoms with van der Waals surface area (Å²) < 4.78 is 0. The average Bonchev–Trinajstić information content (AvgIpc) is 2.16. The van der Waals surface area contributed by atoms with E-state index in [1.54, 1.807) is 0 Å². The zero-order chi connectivity index (χ0) is 11.6. The van der Waals surface area contributed by atoms with Crippen molar-refractivity contribution in [2.75, 3.05) is 0 Å². The maximum atomic E-state index is 7.68. The first-order chi connectivity index (χ1) is 6.95. The van der Waals surface area contributed by atoms with Crippen LogP contribution < -0.4 is 5.73 Å². The first-order valence-electron chi connectivity index (χ1n) is 5.42. The summed E-state index contributed by atoms with van der Waals surface area (Å²) in [6.07, 6.45) is 0. The second-order valence-electron chi connectivity index (χ2n) is 4.53. The van der Waals surface area contributed by atoms with Gasteiger partial charge in [-0.1, -0.05) is 45.9 Å². The van der Waals surface area contributed by atoms with Crippen LogP contribution in [0.3, 0.4) is 0 Å². The van der Waals surface area contributed by atoms with Gasteiger partial charge in [-0.3, -0.25) is 5.41 Å². The predicted molar refractivity (Wildman–Crippen MR) is 65.6 cm³/mol. The lowest BCUT2D eigenvalue weighted by Crippen LogP contribution is -2.17. The molecule has 0 saturated heterocycles. The Kier molecular flexibility index (Phi) is 3.51. The van der Waals surface area contributed by atoms with E-state index in [-0.39, 0.29) is 5.84 Å². The Labute approximate surface area is 92.0 Å². The Balaban J connectivity index is 3.42. The van der Waals surface area contributed by atoms with Crippen molar-refractivity contribution in [3.8, 4) is 0 Å². The Hall–Kier alpha value is -1.31. The summed E-state index contributed by atoms with van der Waals surface area (Å²) in [4.78, 5) is 0. The third-order valence-electron chi connectivity index (χ3n) is 2.64. The molecule has 0 amide bonds. The van der Waals surface area contributed by atoms with Crippen LogP contribution in [0.4, 0.5) is 0 Å². The highest BCUT2D eigenvalue weighted by Crippen LogP contribution is 2.26. The van der Waals surface area contributed by atoms with E-state index in [9.17, 15) is 0 Å². The maximum Gasteiger partial charge on any atom is 0.123 e. The van der Waals surface area contributed by atoms with Gasteiger partial charge in [-0.15, -0.1) is 0 Å². The molecule has 0 atom stereocenters. The third kappa shape index (κ3) is 2.38. The summed E-state index contributed by atoms with van der Waals surface area (Å²) in [7, 11) is 0. The zero-order valence-corrected chi connectivity index (χ0v) is 9.96. The van der Waals surface area contributed by atoms with Crippen molar-refractivity contribution in [1.29, 1.82) is 5.41 Å². The van der Waals surface area contributed by atoms with Gasteiger partial charge in [-0.05, 0) is 23.0 Å². The summed E-state index contributed by atoms with van der Waals surface area (Å²) in [6, 6.07) is 6.18. The van der Waals surface area contributed by atoms with Crippen molar-refractivity contribution in [3.05, 3.63) is 34.9 Å². The zero-order valence-electron chi connectivity index (χ0n) is 9.96. The summed E-state index contributed by atoms with van der Waals surface area (Å²) >= 11 is 0. The van der Waals surface area contributed by atoms with Gasteiger partial charge < -0.3 is 5.73 Å². The molecule has 0 aromatic heterocycles. The first kappa shape index (κ1) is 11.8. The number of nitrogen functional groups attached to an aromatic ring is 1. The standard InChI is InChI=1S/C13H20N2/c1-8(2)10-6-5-7-11(9(3)4)12(10)13(14)15/h5-9H,1-4H3,(H3,14,15). The van der Waals surface area contributed by atoms with Crippen molar-refractivity contribution < 1.29 is 0 Å². The molecule has 0 aliphatic rings. The van der Waals surface area contributed by atoms with Crippen molar-refractivity contribution in [1.82, 2.24) is 0 Å². The molecule has 0 bridgehead atoms. The molecular weight excluding hydrogens is 184 g/mol. The molecule has 82 valence electrons. The molecule has 2 heteroatoms. The van der Waals surface area contributed by atoms with Crippen molar-refractivity contribution >= 4 is 5.84 Å². The molecule has 1 aromatic carbocycles. The van der Waals surface area contributed by atoms with Crippen LogP contribution in [0, 0.1) is 5.41 Å². The van der Waals surface area contributed by atoms with Gasteiger partial charge in [0.05, 0.1) is 0 Å². The van der Waals surface area contributed by atoms with Crippen LogP contribution in [0.25, 0.3) is 0 Å². The molecule has 0 fully saturated rings. The fourth-order valence-electron chi connectivity index (χ4n) is 1.86. The van der Waals surface area contributed by atoms with Gasteiger partial charge in [0.1, 0.15) is 5.84 Å². The molecule has 1 rings (SSSR count). The van der Waals surface area contributed by atoms with Crippen LogP contribution in [0.2, 0.25) is 0 Å². The minimum Gasteiger partial charge on any atom is -0.384 e. The highest BCUT2D eigenvalue weighted by Gasteiger charge is 2.15. The molecule has 3 N–H and O–H groups in total. The Morgan fingerprint density at radius 3 is 1.73 bits per heavy atom. The van der Waals surface area contributed by atoms with E-state index in [2.05, 4.69) is 45.9 Å². The fourth-order valence-corrected chi connectivity index (χ4v) is 1.86. The first-order valence-corrected chi connectivity index (χ1v) is 5.42. The Morgan fingerprint density at radius 1 is 1.07 bits per heavy atom. The van der Waals surface area contributed by atoms with Gasteiger partial charge in [-0.25, -0.2) is 0 Å². The fraction of sp³-hybridized carbons (Fsp3) is 0.462. The number of nitrogens with one attached hydrogen (secondary N) is 1. The van der Waals surface area contributed by atoms with E-state index in [1.807, 2.05) is 0 Å². The van der Waals surface area contributed by atoms with Gasteiger partial charge in [0.15, 0.2) is 0 Å². The lowest BCUT2D eigenvalue weighted by Gasteiger charge is -2.18. The Morgan fingerprint density at radius 2 is 1.47 bits per heavy atom. The second kappa shape index (κ2) is 4.47. The monoisotopic (exact) mass is 204 g/mol. The van der Waals surface area contributed by atoms with Crippen LogP contribution in [0.15, 0.2) is 18.2 Å². The van der Waals surface area contributed by atoms with Gasteiger partial charge in [-0.2, -0.15) is 0 Å². The molecule has 0 aliphatic carbocycles. The number of hydrogen-bond acceptors (Lipinski definition) is 1. The lowest BCUT2D eigenvalue weighted by atomic mass is 9.88. The van der Waals surface area contributed by atoms with E-state index in [0.29, 0.717) is 11.8 Å². The Bertz CT molecular complexity index is 339.